The van der Waals surface area contributed by atoms with Crippen molar-refractivity contribution in [3.8, 4) is 0 Å². The van der Waals surface area contributed by atoms with E-state index in [0.29, 0.717) is 5.02 Å². The van der Waals surface area contributed by atoms with Gasteiger partial charge in [0.15, 0.2) is 0 Å². The largest absolute Gasteiger partial charge is 0.388 e. The number of fused-ring (bicyclic) bond motifs is 1. The molecule has 0 spiro atoms. The highest BCUT2D eigenvalue weighted by Crippen LogP contribution is 2.41. The molecule has 3 rings (SSSR count). The van der Waals surface area contributed by atoms with Gasteiger partial charge in [-0.2, -0.15) is 0 Å². The van der Waals surface area contributed by atoms with Crippen molar-refractivity contribution in [3.63, 3.8) is 0 Å². The molecule has 2 aromatic rings. The number of rotatable bonds is 2. The van der Waals surface area contributed by atoms with Crippen LogP contribution >= 0.6 is 11.6 Å². The van der Waals surface area contributed by atoms with Gasteiger partial charge in [-0.15, -0.1) is 0 Å². The molecule has 0 fully saturated rings. The maximum atomic E-state index is 10.5. The van der Waals surface area contributed by atoms with Crippen molar-refractivity contribution in [2.75, 3.05) is 0 Å². The molecule has 1 nitrogen and oxygen atoms in total. The molecule has 2 heteroatoms. The third-order valence-electron chi connectivity index (χ3n) is 3.77. The lowest BCUT2D eigenvalue weighted by Crippen LogP contribution is -2.07. The van der Waals surface area contributed by atoms with Crippen LogP contribution < -0.4 is 0 Å². The molecule has 0 aliphatic heterocycles. The van der Waals surface area contributed by atoms with E-state index in [9.17, 15) is 5.11 Å². The zero-order chi connectivity index (χ0) is 12.5. The van der Waals surface area contributed by atoms with Crippen LogP contribution in [-0.2, 0) is 6.42 Å². The van der Waals surface area contributed by atoms with Crippen molar-refractivity contribution in [2.24, 2.45) is 0 Å². The van der Waals surface area contributed by atoms with Gasteiger partial charge in [-0.25, -0.2) is 0 Å². The second-order valence-corrected chi connectivity index (χ2v) is 5.28. The van der Waals surface area contributed by atoms with Gasteiger partial charge in [-0.05, 0) is 41.7 Å². The van der Waals surface area contributed by atoms with Gasteiger partial charge in [0.2, 0.25) is 0 Å². The Kier molecular flexibility index (Phi) is 3.11. The van der Waals surface area contributed by atoms with E-state index in [0.717, 1.165) is 18.4 Å². The molecule has 2 unspecified atom stereocenters. The minimum atomic E-state index is -0.439. The second kappa shape index (κ2) is 4.75. The van der Waals surface area contributed by atoms with Gasteiger partial charge in [0.25, 0.3) is 0 Å². The van der Waals surface area contributed by atoms with Gasteiger partial charge in [-0.3, -0.25) is 0 Å². The SMILES string of the molecule is OC(c1ccc(Cl)cc1)C1CCc2ccccc21. The smallest absolute Gasteiger partial charge is 0.0858 e. The maximum absolute atomic E-state index is 10.5. The average molecular weight is 259 g/mol. The lowest BCUT2D eigenvalue weighted by Gasteiger charge is -2.19. The highest BCUT2D eigenvalue weighted by atomic mass is 35.5. The van der Waals surface area contributed by atoms with Crippen LogP contribution in [0.3, 0.4) is 0 Å². The first-order valence-electron chi connectivity index (χ1n) is 6.27. The molecule has 0 aromatic heterocycles. The Bertz CT molecular complexity index is 547. The lowest BCUT2D eigenvalue weighted by molar-refractivity contribution is 0.145. The molecular weight excluding hydrogens is 244 g/mol. The van der Waals surface area contributed by atoms with E-state index < -0.39 is 6.10 Å². The Labute approximate surface area is 112 Å². The first-order valence-corrected chi connectivity index (χ1v) is 6.65. The predicted molar refractivity (Wildman–Crippen MR) is 73.9 cm³/mol. The minimum absolute atomic E-state index is 0.211. The van der Waals surface area contributed by atoms with Crippen LogP contribution in [0.5, 0.6) is 0 Å². The number of hydrogen-bond donors (Lipinski definition) is 1. The van der Waals surface area contributed by atoms with Crippen molar-refractivity contribution in [1.82, 2.24) is 0 Å². The molecule has 18 heavy (non-hydrogen) atoms. The predicted octanol–water partition coefficient (Wildman–Crippen LogP) is 4.10. The number of hydrogen-bond acceptors (Lipinski definition) is 1. The molecule has 0 amide bonds. The minimum Gasteiger partial charge on any atom is -0.388 e. The fourth-order valence-electron chi connectivity index (χ4n) is 2.81. The van der Waals surface area contributed by atoms with E-state index in [1.54, 1.807) is 0 Å². The van der Waals surface area contributed by atoms with E-state index >= 15 is 0 Å². The molecule has 0 radical (unpaired) electrons. The Morgan fingerprint density at radius 2 is 1.78 bits per heavy atom. The molecule has 2 atom stereocenters. The zero-order valence-electron chi connectivity index (χ0n) is 10.0. The van der Waals surface area contributed by atoms with Crippen LogP contribution in [0.4, 0.5) is 0 Å². The monoisotopic (exact) mass is 258 g/mol. The average Bonchev–Trinajstić information content (AvgIpc) is 2.82. The third-order valence-corrected chi connectivity index (χ3v) is 4.02. The van der Waals surface area contributed by atoms with E-state index in [-0.39, 0.29) is 5.92 Å². The highest BCUT2D eigenvalue weighted by Gasteiger charge is 2.29. The van der Waals surface area contributed by atoms with Gasteiger partial charge in [0.05, 0.1) is 6.10 Å². The molecule has 2 aromatic carbocycles. The summed E-state index contributed by atoms with van der Waals surface area (Å²) in [5.74, 6) is 0.211. The molecule has 0 heterocycles. The van der Waals surface area contributed by atoms with Crippen LogP contribution in [0.25, 0.3) is 0 Å². The van der Waals surface area contributed by atoms with Crippen molar-refractivity contribution in [1.29, 1.82) is 0 Å². The molecule has 92 valence electrons. The first-order chi connectivity index (χ1) is 8.75. The summed E-state index contributed by atoms with van der Waals surface area (Å²) in [5.41, 5.74) is 3.61. The number of aliphatic hydroxyl groups excluding tert-OH is 1. The summed E-state index contributed by atoms with van der Waals surface area (Å²) >= 11 is 5.88. The van der Waals surface area contributed by atoms with Crippen LogP contribution in [0.1, 0.15) is 35.1 Å². The van der Waals surface area contributed by atoms with Crippen molar-refractivity contribution >= 4 is 11.6 Å². The summed E-state index contributed by atoms with van der Waals surface area (Å²) < 4.78 is 0. The molecule has 0 bridgehead atoms. The standard InChI is InChI=1S/C16H15ClO/c17-13-8-5-12(6-9-13)16(18)15-10-7-11-3-1-2-4-14(11)15/h1-6,8-9,15-16,18H,7,10H2. The highest BCUT2D eigenvalue weighted by molar-refractivity contribution is 6.30. The van der Waals surface area contributed by atoms with Crippen molar-refractivity contribution < 1.29 is 5.11 Å². The van der Waals surface area contributed by atoms with Crippen molar-refractivity contribution in [2.45, 2.75) is 24.9 Å². The molecule has 0 saturated heterocycles. The topological polar surface area (TPSA) is 20.2 Å². The van der Waals surface area contributed by atoms with Crippen LogP contribution in [0.15, 0.2) is 48.5 Å². The summed E-state index contributed by atoms with van der Waals surface area (Å²) in [6, 6.07) is 15.9. The van der Waals surface area contributed by atoms with Crippen LogP contribution in [-0.4, -0.2) is 5.11 Å². The summed E-state index contributed by atoms with van der Waals surface area (Å²) in [7, 11) is 0. The molecule has 1 N–H and O–H groups in total. The van der Waals surface area contributed by atoms with Crippen LogP contribution in [0.2, 0.25) is 5.02 Å². The molecule has 1 aliphatic carbocycles. The number of halogens is 1. The first kappa shape index (κ1) is 11.8. The third kappa shape index (κ3) is 2.05. The van der Waals surface area contributed by atoms with Gasteiger partial charge >= 0.3 is 0 Å². The van der Waals surface area contributed by atoms with E-state index in [1.165, 1.54) is 11.1 Å². The zero-order valence-corrected chi connectivity index (χ0v) is 10.8. The van der Waals surface area contributed by atoms with E-state index in [1.807, 2.05) is 30.3 Å². The molecule has 0 saturated carbocycles. The lowest BCUT2D eigenvalue weighted by atomic mass is 9.91. The van der Waals surface area contributed by atoms with Gasteiger partial charge in [-0.1, -0.05) is 48.0 Å². The number of aryl methyl sites for hydroxylation is 1. The summed E-state index contributed by atoms with van der Waals surface area (Å²) in [5, 5.41) is 11.2. The summed E-state index contributed by atoms with van der Waals surface area (Å²) in [6.07, 6.45) is 1.64. The molecular formula is C16H15ClO. The fraction of sp³-hybridized carbons (Fsp3) is 0.250. The van der Waals surface area contributed by atoms with Gasteiger partial charge < -0.3 is 5.11 Å². The quantitative estimate of drug-likeness (QED) is 0.860. The van der Waals surface area contributed by atoms with Gasteiger partial charge in [0, 0.05) is 10.9 Å². The fourth-order valence-corrected chi connectivity index (χ4v) is 2.94. The Balaban J connectivity index is 1.90. The Morgan fingerprint density at radius 3 is 2.56 bits per heavy atom. The number of aliphatic hydroxyl groups is 1. The Hall–Kier alpha value is -1.31. The second-order valence-electron chi connectivity index (χ2n) is 4.84. The summed E-state index contributed by atoms with van der Waals surface area (Å²) in [4.78, 5) is 0. The number of benzene rings is 2. The van der Waals surface area contributed by atoms with Crippen molar-refractivity contribution in [3.05, 3.63) is 70.2 Å². The van der Waals surface area contributed by atoms with E-state index in [2.05, 4.69) is 18.2 Å². The normalized spacial score (nSPS) is 19.6. The van der Waals surface area contributed by atoms with Gasteiger partial charge in [0.1, 0.15) is 0 Å². The summed E-state index contributed by atoms with van der Waals surface area (Å²) in [6.45, 7) is 0. The van der Waals surface area contributed by atoms with E-state index in [4.69, 9.17) is 11.6 Å². The maximum Gasteiger partial charge on any atom is 0.0858 e. The molecule has 1 aliphatic rings. The van der Waals surface area contributed by atoms with Crippen LogP contribution in [0, 0.1) is 0 Å². The Morgan fingerprint density at radius 1 is 1.06 bits per heavy atom.